The van der Waals surface area contributed by atoms with Gasteiger partial charge in [0.2, 0.25) is 0 Å². The van der Waals surface area contributed by atoms with Crippen LogP contribution >= 0.6 is 0 Å². The molecular formula is C11H13N5O2. The summed E-state index contributed by atoms with van der Waals surface area (Å²) in [7, 11) is 3.14. The maximum Gasteiger partial charge on any atom is 0.338 e. The van der Waals surface area contributed by atoms with Crippen molar-refractivity contribution < 1.29 is 9.53 Å². The zero-order valence-corrected chi connectivity index (χ0v) is 10.1. The Labute approximate surface area is 104 Å². The number of nitrogens with one attached hydrogen (secondary N) is 1. The summed E-state index contributed by atoms with van der Waals surface area (Å²) in [4.78, 5) is 19.5. The lowest BCUT2D eigenvalue weighted by atomic mass is 10.2. The highest BCUT2D eigenvalue weighted by molar-refractivity contribution is 5.89. The second-order valence-corrected chi connectivity index (χ2v) is 3.61. The molecule has 0 aliphatic rings. The Morgan fingerprint density at radius 1 is 1.50 bits per heavy atom. The number of aryl methyl sites for hydroxylation is 1. The van der Waals surface area contributed by atoms with Gasteiger partial charge in [-0.1, -0.05) is 0 Å². The maximum atomic E-state index is 11.3. The number of hydrogen-bond acceptors (Lipinski definition) is 6. The molecule has 2 aromatic rings. The van der Waals surface area contributed by atoms with Crippen LogP contribution in [0, 0.1) is 0 Å². The molecule has 0 aliphatic heterocycles. The van der Waals surface area contributed by atoms with Crippen molar-refractivity contribution in [2.24, 2.45) is 7.05 Å². The molecular weight excluding hydrogens is 234 g/mol. The van der Waals surface area contributed by atoms with E-state index in [4.69, 9.17) is 0 Å². The molecule has 0 atom stereocenters. The van der Waals surface area contributed by atoms with Crippen LogP contribution in [0.2, 0.25) is 0 Å². The molecule has 0 amide bonds. The fourth-order valence-electron chi connectivity index (χ4n) is 1.41. The predicted molar refractivity (Wildman–Crippen MR) is 63.9 cm³/mol. The Bertz CT molecular complexity index is 552. The number of pyridine rings is 1. The molecule has 7 heteroatoms. The number of esters is 1. The number of nitrogens with zero attached hydrogens (tertiary/aromatic N) is 4. The van der Waals surface area contributed by atoms with Crippen molar-refractivity contribution in [2.75, 3.05) is 12.4 Å². The zero-order valence-electron chi connectivity index (χ0n) is 10.1. The summed E-state index contributed by atoms with van der Waals surface area (Å²) in [6.07, 6.45) is 3.16. The Kier molecular flexibility index (Phi) is 3.52. The molecule has 7 nitrogen and oxygen atoms in total. The highest BCUT2D eigenvalue weighted by Gasteiger charge is 2.06. The molecule has 0 aromatic carbocycles. The van der Waals surface area contributed by atoms with Gasteiger partial charge in [-0.25, -0.2) is 14.8 Å². The zero-order chi connectivity index (χ0) is 13.0. The molecule has 18 heavy (non-hydrogen) atoms. The van der Waals surface area contributed by atoms with Crippen molar-refractivity contribution in [3.8, 4) is 0 Å². The Morgan fingerprint density at radius 3 is 3.00 bits per heavy atom. The van der Waals surface area contributed by atoms with Gasteiger partial charge in [0, 0.05) is 13.2 Å². The molecule has 2 aromatic heterocycles. The molecule has 0 saturated carbocycles. The van der Waals surface area contributed by atoms with Gasteiger partial charge in [0.05, 0.1) is 19.2 Å². The first kappa shape index (κ1) is 12.0. The molecule has 0 saturated heterocycles. The second-order valence-electron chi connectivity index (χ2n) is 3.61. The Balaban J connectivity index is 2.03. The van der Waals surface area contributed by atoms with Crippen molar-refractivity contribution in [3.05, 3.63) is 36.0 Å². The van der Waals surface area contributed by atoms with Crippen molar-refractivity contribution in [1.82, 2.24) is 19.7 Å². The topological polar surface area (TPSA) is 81.9 Å². The minimum absolute atomic E-state index is 0.392. The molecule has 94 valence electrons. The van der Waals surface area contributed by atoms with E-state index in [1.54, 1.807) is 36.4 Å². The van der Waals surface area contributed by atoms with Gasteiger partial charge in [-0.05, 0) is 12.1 Å². The SMILES string of the molecule is COC(=O)c1ccnc(NCc2ncn(C)n2)c1. The first-order valence-corrected chi connectivity index (χ1v) is 5.32. The number of carbonyl (C=O) groups is 1. The van der Waals surface area contributed by atoms with Crippen LogP contribution in [0.15, 0.2) is 24.7 Å². The lowest BCUT2D eigenvalue weighted by Crippen LogP contribution is -2.06. The van der Waals surface area contributed by atoms with E-state index in [0.717, 1.165) is 0 Å². The maximum absolute atomic E-state index is 11.3. The summed E-state index contributed by atoms with van der Waals surface area (Å²) in [5, 5.41) is 7.16. The third-order valence-corrected chi connectivity index (χ3v) is 2.26. The quantitative estimate of drug-likeness (QED) is 0.797. The van der Waals surface area contributed by atoms with E-state index in [0.29, 0.717) is 23.8 Å². The van der Waals surface area contributed by atoms with E-state index in [-0.39, 0.29) is 0 Å². The Morgan fingerprint density at radius 2 is 2.33 bits per heavy atom. The lowest BCUT2D eigenvalue weighted by Gasteiger charge is -2.04. The molecule has 2 rings (SSSR count). The van der Waals surface area contributed by atoms with Crippen LogP contribution in [0.1, 0.15) is 16.2 Å². The highest BCUT2D eigenvalue weighted by Crippen LogP contribution is 2.08. The standard InChI is InChI=1S/C11H13N5O2/c1-16-7-14-10(15-16)6-13-9-5-8(3-4-12-9)11(17)18-2/h3-5,7H,6H2,1-2H3,(H,12,13). The summed E-state index contributed by atoms with van der Waals surface area (Å²) in [5.41, 5.74) is 0.448. The summed E-state index contributed by atoms with van der Waals surface area (Å²) < 4.78 is 6.26. The number of carbonyl (C=O) groups excluding carboxylic acids is 1. The average Bonchev–Trinajstić information content (AvgIpc) is 2.81. The van der Waals surface area contributed by atoms with Crippen LogP contribution in [-0.4, -0.2) is 32.8 Å². The lowest BCUT2D eigenvalue weighted by molar-refractivity contribution is 0.0600. The van der Waals surface area contributed by atoms with Gasteiger partial charge in [0.25, 0.3) is 0 Å². The van der Waals surface area contributed by atoms with Gasteiger partial charge >= 0.3 is 5.97 Å². The first-order valence-electron chi connectivity index (χ1n) is 5.32. The second kappa shape index (κ2) is 5.26. The smallest absolute Gasteiger partial charge is 0.338 e. The van der Waals surface area contributed by atoms with Gasteiger partial charge in [-0.2, -0.15) is 5.10 Å². The van der Waals surface area contributed by atoms with Crippen LogP contribution in [0.3, 0.4) is 0 Å². The largest absolute Gasteiger partial charge is 0.465 e. The minimum atomic E-state index is -0.392. The predicted octanol–water partition coefficient (Wildman–Crippen LogP) is 0.609. The molecule has 0 bridgehead atoms. The molecule has 0 fully saturated rings. The fourth-order valence-corrected chi connectivity index (χ4v) is 1.41. The van der Waals surface area contributed by atoms with Crippen LogP contribution in [0.5, 0.6) is 0 Å². The van der Waals surface area contributed by atoms with Crippen LogP contribution in [0.25, 0.3) is 0 Å². The van der Waals surface area contributed by atoms with Crippen LogP contribution < -0.4 is 5.32 Å². The van der Waals surface area contributed by atoms with Gasteiger partial charge < -0.3 is 10.1 Å². The summed E-state index contributed by atoms with van der Waals surface area (Å²) >= 11 is 0. The molecule has 0 radical (unpaired) electrons. The first-order chi connectivity index (χ1) is 8.69. The van der Waals surface area contributed by atoms with Crippen molar-refractivity contribution in [3.63, 3.8) is 0 Å². The number of ether oxygens (including phenoxy) is 1. The van der Waals surface area contributed by atoms with Gasteiger partial charge in [-0.15, -0.1) is 0 Å². The van der Waals surface area contributed by atoms with Crippen molar-refractivity contribution >= 4 is 11.8 Å². The van der Waals surface area contributed by atoms with E-state index in [1.807, 2.05) is 0 Å². The summed E-state index contributed by atoms with van der Waals surface area (Å²) in [5.74, 6) is 0.838. The summed E-state index contributed by atoms with van der Waals surface area (Å²) in [6.45, 7) is 0.443. The van der Waals surface area contributed by atoms with E-state index in [1.165, 1.54) is 7.11 Å². The van der Waals surface area contributed by atoms with Gasteiger partial charge in [-0.3, -0.25) is 4.68 Å². The normalized spacial score (nSPS) is 10.1. The molecule has 1 N–H and O–H groups in total. The third kappa shape index (κ3) is 2.82. The third-order valence-electron chi connectivity index (χ3n) is 2.26. The van der Waals surface area contributed by atoms with Crippen LogP contribution in [0.4, 0.5) is 5.82 Å². The summed E-state index contributed by atoms with van der Waals surface area (Å²) in [6, 6.07) is 3.21. The van der Waals surface area contributed by atoms with E-state index < -0.39 is 5.97 Å². The van der Waals surface area contributed by atoms with Crippen molar-refractivity contribution in [2.45, 2.75) is 6.54 Å². The van der Waals surface area contributed by atoms with E-state index >= 15 is 0 Å². The highest BCUT2D eigenvalue weighted by atomic mass is 16.5. The molecule has 0 unspecified atom stereocenters. The fraction of sp³-hybridized carbons (Fsp3) is 0.273. The van der Waals surface area contributed by atoms with Crippen LogP contribution in [-0.2, 0) is 18.3 Å². The minimum Gasteiger partial charge on any atom is -0.465 e. The average molecular weight is 247 g/mol. The van der Waals surface area contributed by atoms with E-state index in [2.05, 4.69) is 25.1 Å². The van der Waals surface area contributed by atoms with Gasteiger partial charge in [0.1, 0.15) is 12.1 Å². The van der Waals surface area contributed by atoms with Gasteiger partial charge in [0.15, 0.2) is 5.82 Å². The monoisotopic (exact) mass is 247 g/mol. The number of anilines is 1. The molecule has 0 spiro atoms. The number of hydrogen-bond donors (Lipinski definition) is 1. The number of rotatable bonds is 4. The Hall–Kier alpha value is -2.44. The van der Waals surface area contributed by atoms with E-state index in [9.17, 15) is 4.79 Å². The number of methoxy groups -OCH3 is 1. The molecule has 2 heterocycles. The molecule has 0 aliphatic carbocycles. The van der Waals surface area contributed by atoms with Crippen molar-refractivity contribution in [1.29, 1.82) is 0 Å². The number of aromatic nitrogens is 4.